The number of benzene rings is 2. The van der Waals surface area contributed by atoms with Gasteiger partial charge in [-0.05, 0) is 42.7 Å². The van der Waals surface area contributed by atoms with Gasteiger partial charge in [0.15, 0.2) is 0 Å². The Kier molecular flexibility index (Phi) is 8.07. The summed E-state index contributed by atoms with van der Waals surface area (Å²) < 4.78 is 0. The fourth-order valence-corrected chi connectivity index (χ4v) is 3.13. The van der Waals surface area contributed by atoms with Crippen molar-refractivity contribution in [3.8, 4) is 0 Å². The first-order valence-electron chi connectivity index (χ1n) is 8.09. The van der Waals surface area contributed by atoms with Gasteiger partial charge in [0.25, 0.3) is 5.91 Å². The van der Waals surface area contributed by atoms with Crippen LogP contribution in [0.25, 0.3) is 0 Å². The van der Waals surface area contributed by atoms with Gasteiger partial charge in [-0.2, -0.15) is 0 Å². The van der Waals surface area contributed by atoms with E-state index in [-0.39, 0.29) is 30.7 Å². The van der Waals surface area contributed by atoms with E-state index in [1.54, 1.807) is 17.0 Å². The summed E-state index contributed by atoms with van der Waals surface area (Å²) in [4.78, 5) is 16.8. The minimum atomic E-state index is -0.00600. The molecule has 0 radical (unpaired) electrons. The van der Waals surface area contributed by atoms with Gasteiger partial charge in [0, 0.05) is 43.6 Å². The second kappa shape index (κ2) is 9.54. The molecule has 3 rings (SSSR count). The zero-order chi connectivity index (χ0) is 16.2. The van der Waals surface area contributed by atoms with E-state index in [0.717, 1.165) is 13.1 Å². The van der Waals surface area contributed by atoms with Crippen molar-refractivity contribution >= 4 is 42.1 Å². The first-order valence-corrected chi connectivity index (χ1v) is 8.09. The zero-order valence-electron chi connectivity index (χ0n) is 14.4. The lowest BCUT2D eigenvalue weighted by molar-refractivity contribution is 0.0785. The molecular formula is C19H25Cl2N3O. The van der Waals surface area contributed by atoms with Crippen LogP contribution in [0.1, 0.15) is 28.8 Å². The van der Waals surface area contributed by atoms with Crippen molar-refractivity contribution in [3.63, 3.8) is 0 Å². The maximum absolute atomic E-state index is 12.6. The van der Waals surface area contributed by atoms with Gasteiger partial charge in [0.2, 0.25) is 0 Å². The van der Waals surface area contributed by atoms with Crippen LogP contribution in [-0.2, 0) is 6.54 Å². The van der Waals surface area contributed by atoms with Gasteiger partial charge < -0.3 is 15.5 Å². The number of rotatable bonds is 4. The number of nitrogens with two attached hydrogens (primary N) is 1. The third kappa shape index (κ3) is 5.03. The summed E-state index contributed by atoms with van der Waals surface area (Å²) in [5.41, 5.74) is 9.46. The first-order chi connectivity index (χ1) is 11.1. The number of nitrogen functional groups attached to an aromatic ring is 1. The predicted octanol–water partition coefficient (Wildman–Crippen LogP) is 3.98. The molecule has 2 N–H and O–H groups in total. The van der Waals surface area contributed by atoms with E-state index in [0.29, 0.717) is 17.8 Å². The molecule has 25 heavy (non-hydrogen) atoms. The van der Waals surface area contributed by atoms with Crippen molar-refractivity contribution in [1.82, 2.24) is 4.90 Å². The maximum Gasteiger partial charge on any atom is 0.253 e. The number of halogens is 2. The van der Waals surface area contributed by atoms with Crippen LogP contribution in [-0.4, -0.2) is 30.9 Å². The number of amides is 1. The Morgan fingerprint density at radius 3 is 2.44 bits per heavy atom. The monoisotopic (exact) mass is 381 g/mol. The minimum Gasteiger partial charge on any atom is -0.399 e. The molecule has 1 fully saturated rings. The number of hydrogen-bond acceptors (Lipinski definition) is 3. The summed E-state index contributed by atoms with van der Waals surface area (Å²) in [6, 6.07) is 15.5. The van der Waals surface area contributed by atoms with Crippen LogP contribution in [0.15, 0.2) is 48.5 Å². The molecule has 0 saturated carbocycles. The van der Waals surface area contributed by atoms with Crippen LogP contribution < -0.4 is 10.6 Å². The largest absolute Gasteiger partial charge is 0.399 e. The van der Waals surface area contributed by atoms with Crippen molar-refractivity contribution in [3.05, 3.63) is 59.7 Å². The standard InChI is InChI=1S/C19H23N3O.2ClH/c1-21(19(23)15-8-6-9-17(20)13-15)14-16-7-2-3-10-18(16)22-11-4-5-12-22;;/h2-3,6-10,13H,4-5,11-12,14,20H2,1H3;2*1H. The van der Waals surface area contributed by atoms with Gasteiger partial charge in [-0.15, -0.1) is 24.8 Å². The highest BCUT2D eigenvalue weighted by Crippen LogP contribution is 2.25. The van der Waals surface area contributed by atoms with Crippen molar-refractivity contribution in [2.75, 3.05) is 30.8 Å². The molecule has 0 aliphatic carbocycles. The molecule has 2 aromatic rings. The minimum absolute atomic E-state index is 0. The highest BCUT2D eigenvalue weighted by molar-refractivity contribution is 5.94. The number of carbonyl (C=O) groups excluding carboxylic acids is 1. The Morgan fingerprint density at radius 1 is 1.08 bits per heavy atom. The Bertz CT molecular complexity index is 703. The van der Waals surface area contributed by atoms with E-state index in [4.69, 9.17) is 5.73 Å². The SMILES string of the molecule is CN(Cc1ccccc1N1CCCC1)C(=O)c1cccc(N)c1.Cl.Cl. The predicted molar refractivity (Wildman–Crippen MR) is 109 cm³/mol. The van der Waals surface area contributed by atoms with Crippen LogP contribution >= 0.6 is 24.8 Å². The van der Waals surface area contributed by atoms with Gasteiger partial charge in [0.05, 0.1) is 0 Å². The van der Waals surface area contributed by atoms with Crippen LogP contribution in [0.5, 0.6) is 0 Å². The smallest absolute Gasteiger partial charge is 0.253 e. The lowest BCUT2D eigenvalue weighted by Crippen LogP contribution is -2.28. The van der Waals surface area contributed by atoms with E-state index in [1.165, 1.54) is 24.1 Å². The zero-order valence-corrected chi connectivity index (χ0v) is 16.0. The van der Waals surface area contributed by atoms with E-state index in [9.17, 15) is 4.79 Å². The normalized spacial score (nSPS) is 12.9. The highest BCUT2D eigenvalue weighted by Gasteiger charge is 2.18. The van der Waals surface area contributed by atoms with Gasteiger partial charge in [-0.25, -0.2) is 0 Å². The number of anilines is 2. The topological polar surface area (TPSA) is 49.6 Å². The summed E-state index contributed by atoms with van der Waals surface area (Å²) in [5.74, 6) is -0.00600. The number of para-hydroxylation sites is 1. The molecule has 4 nitrogen and oxygen atoms in total. The molecular weight excluding hydrogens is 357 g/mol. The second-order valence-electron chi connectivity index (χ2n) is 6.11. The molecule has 1 saturated heterocycles. The third-order valence-electron chi connectivity index (χ3n) is 4.33. The molecule has 0 bridgehead atoms. The summed E-state index contributed by atoms with van der Waals surface area (Å²) in [7, 11) is 1.84. The summed E-state index contributed by atoms with van der Waals surface area (Å²) in [6.45, 7) is 2.80. The Balaban J connectivity index is 0.00000156. The van der Waals surface area contributed by atoms with Crippen LogP contribution in [0.3, 0.4) is 0 Å². The van der Waals surface area contributed by atoms with Gasteiger partial charge >= 0.3 is 0 Å². The fourth-order valence-electron chi connectivity index (χ4n) is 3.13. The highest BCUT2D eigenvalue weighted by atomic mass is 35.5. The Labute approximate surface area is 161 Å². The Hall–Kier alpha value is -1.91. The third-order valence-corrected chi connectivity index (χ3v) is 4.33. The molecule has 2 aromatic carbocycles. The van der Waals surface area contributed by atoms with E-state index in [1.807, 2.05) is 25.2 Å². The molecule has 1 aliphatic heterocycles. The number of nitrogens with zero attached hydrogens (tertiary/aromatic N) is 2. The average molecular weight is 382 g/mol. The maximum atomic E-state index is 12.6. The number of hydrogen-bond donors (Lipinski definition) is 1. The van der Waals surface area contributed by atoms with Crippen molar-refractivity contribution in [2.45, 2.75) is 19.4 Å². The summed E-state index contributed by atoms with van der Waals surface area (Å²) in [6.07, 6.45) is 2.48. The van der Waals surface area contributed by atoms with Gasteiger partial charge in [0.1, 0.15) is 0 Å². The molecule has 0 aromatic heterocycles. The van der Waals surface area contributed by atoms with E-state index < -0.39 is 0 Å². The quantitative estimate of drug-likeness (QED) is 0.814. The van der Waals surface area contributed by atoms with Gasteiger partial charge in [-0.3, -0.25) is 4.79 Å². The van der Waals surface area contributed by atoms with Crippen molar-refractivity contribution in [2.24, 2.45) is 0 Å². The summed E-state index contributed by atoms with van der Waals surface area (Å²) >= 11 is 0. The molecule has 0 unspecified atom stereocenters. The molecule has 0 spiro atoms. The lowest BCUT2D eigenvalue weighted by Gasteiger charge is -2.24. The molecule has 136 valence electrons. The van der Waals surface area contributed by atoms with Gasteiger partial charge in [-0.1, -0.05) is 24.3 Å². The molecule has 6 heteroatoms. The van der Waals surface area contributed by atoms with E-state index >= 15 is 0 Å². The molecule has 1 amide bonds. The summed E-state index contributed by atoms with van der Waals surface area (Å²) in [5, 5.41) is 0. The number of carbonyl (C=O) groups is 1. The van der Waals surface area contributed by atoms with Crippen molar-refractivity contribution < 1.29 is 4.79 Å². The first kappa shape index (κ1) is 21.1. The average Bonchev–Trinajstić information content (AvgIpc) is 3.09. The van der Waals surface area contributed by atoms with E-state index in [2.05, 4.69) is 23.1 Å². The second-order valence-corrected chi connectivity index (χ2v) is 6.11. The van der Waals surface area contributed by atoms with Crippen molar-refractivity contribution in [1.29, 1.82) is 0 Å². The molecule has 0 atom stereocenters. The van der Waals surface area contributed by atoms with Crippen LogP contribution in [0.4, 0.5) is 11.4 Å². The molecule has 1 heterocycles. The molecule has 1 aliphatic rings. The Morgan fingerprint density at radius 2 is 1.76 bits per heavy atom. The van der Waals surface area contributed by atoms with Crippen LogP contribution in [0.2, 0.25) is 0 Å². The fraction of sp³-hybridized carbons (Fsp3) is 0.316. The van der Waals surface area contributed by atoms with Crippen LogP contribution in [0, 0.1) is 0 Å². The lowest BCUT2D eigenvalue weighted by atomic mass is 10.1.